The first-order chi connectivity index (χ1) is 12.0. The second-order valence-corrected chi connectivity index (χ2v) is 5.95. The number of H-pyrrole nitrogens is 1. The van der Waals surface area contributed by atoms with Crippen LogP contribution in [0, 0.1) is 6.92 Å². The number of aryl methyl sites for hydroxylation is 1. The molecule has 25 heavy (non-hydrogen) atoms. The van der Waals surface area contributed by atoms with Crippen LogP contribution in [0.5, 0.6) is 0 Å². The third-order valence-corrected chi connectivity index (χ3v) is 4.27. The normalized spacial score (nSPS) is 14.7. The van der Waals surface area contributed by atoms with Crippen molar-refractivity contribution in [3.63, 3.8) is 0 Å². The lowest BCUT2D eigenvalue weighted by molar-refractivity contribution is -0.121. The van der Waals surface area contributed by atoms with E-state index in [0.29, 0.717) is 17.7 Å². The number of hydrogen-bond donors (Lipinski definition) is 1. The van der Waals surface area contributed by atoms with Gasteiger partial charge in [-0.05, 0) is 12.5 Å². The Morgan fingerprint density at radius 1 is 1.04 bits per heavy atom. The van der Waals surface area contributed by atoms with Crippen molar-refractivity contribution in [2.24, 2.45) is 0 Å². The number of amides is 2. The number of anilines is 1. The van der Waals surface area contributed by atoms with E-state index in [0.717, 1.165) is 10.5 Å². The van der Waals surface area contributed by atoms with Crippen molar-refractivity contribution < 1.29 is 9.59 Å². The van der Waals surface area contributed by atoms with Gasteiger partial charge < -0.3 is 0 Å². The third kappa shape index (κ3) is 2.51. The predicted molar refractivity (Wildman–Crippen MR) is 89.3 cm³/mol. The lowest BCUT2D eigenvalue weighted by Crippen LogP contribution is -2.30. The number of carbonyl (C=O) groups excluding carboxylic acids is 2. The SMILES string of the molecule is Cc1nc2nc(N3C(=O)CCC3=O)[nH]n2c(=O)c1Cc1ccccc1. The molecule has 0 atom stereocenters. The van der Waals surface area contributed by atoms with E-state index in [9.17, 15) is 14.4 Å². The average Bonchev–Trinajstić information content (AvgIpc) is 3.15. The molecular weight excluding hydrogens is 322 g/mol. The van der Waals surface area contributed by atoms with Crippen molar-refractivity contribution in [1.82, 2.24) is 19.6 Å². The van der Waals surface area contributed by atoms with Crippen LogP contribution in [0.2, 0.25) is 0 Å². The zero-order chi connectivity index (χ0) is 17.6. The Bertz CT molecular complexity index is 1040. The summed E-state index contributed by atoms with van der Waals surface area (Å²) in [7, 11) is 0. The highest BCUT2D eigenvalue weighted by atomic mass is 16.2. The lowest BCUT2D eigenvalue weighted by Gasteiger charge is -2.07. The van der Waals surface area contributed by atoms with Gasteiger partial charge in [0.05, 0.1) is 5.69 Å². The van der Waals surface area contributed by atoms with E-state index in [1.165, 1.54) is 4.52 Å². The highest BCUT2D eigenvalue weighted by molar-refractivity contribution is 6.18. The number of nitrogens with one attached hydrogen (secondary N) is 1. The molecule has 0 radical (unpaired) electrons. The van der Waals surface area contributed by atoms with Crippen LogP contribution in [-0.4, -0.2) is 31.4 Å². The quantitative estimate of drug-likeness (QED) is 0.718. The minimum Gasteiger partial charge on any atom is -0.274 e. The minimum absolute atomic E-state index is 0.0355. The fourth-order valence-corrected chi connectivity index (χ4v) is 2.96. The summed E-state index contributed by atoms with van der Waals surface area (Å²) in [6, 6.07) is 9.61. The smallest absolute Gasteiger partial charge is 0.274 e. The molecule has 1 fully saturated rings. The van der Waals surface area contributed by atoms with Crippen LogP contribution in [0.3, 0.4) is 0 Å². The topological polar surface area (TPSA) is 100 Å². The Morgan fingerprint density at radius 2 is 1.72 bits per heavy atom. The van der Waals surface area contributed by atoms with Crippen LogP contribution in [0.4, 0.5) is 5.95 Å². The summed E-state index contributed by atoms with van der Waals surface area (Å²) < 4.78 is 1.18. The second-order valence-electron chi connectivity index (χ2n) is 5.95. The maximum atomic E-state index is 12.8. The van der Waals surface area contributed by atoms with Gasteiger partial charge in [-0.3, -0.25) is 19.5 Å². The van der Waals surface area contributed by atoms with Crippen molar-refractivity contribution in [3.8, 4) is 0 Å². The summed E-state index contributed by atoms with van der Waals surface area (Å²) in [6.07, 6.45) is 0.740. The number of nitrogens with zero attached hydrogens (tertiary/aromatic N) is 4. The molecule has 0 bridgehead atoms. The van der Waals surface area contributed by atoms with Crippen molar-refractivity contribution in [3.05, 3.63) is 57.5 Å². The number of benzene rings is 1. The maximum absolute atomic E-state index is 12.8. The van der Waals surface area contributed by atoms with E-state index in [1.54, 1.807) is 6.92 Å². The first kappa shape index (κ1) is 15.3. The van der Waals surface area contributed by atoms with Gasteiger partial charge in [0, 0.05) is 24.8 Å². The second kappa shape index (κ2) is 5.66. The Kier molecular flexibility index (Phi) is 3.45. The van der Waals surface area contributed by atoms with Crippen molar-refractivity contribution in [1.29, 1.82) is 0 Å². The Hall–Kier alpha value is -3.29. The van der Waals surface area contributed by atoms with E-state index >= 15 is 0 Å². The van der Waals surface area contributed by atoms with Gasteiger partial charge in [-0.2, -0.15) is 9.50 Å². The Morgan fingerprint density at radius 3 is 2.40 bits per heavy atom. The van der Waals surface area contributed by atoms with Gasteiger partial charge >= 0.3 is 0 Å². The fraction of sp³-hybridized carbons (Fsp3) is 0.235. The van der Waals surface area contributed by atoms with Gasteiger partial charge in [0.25, 0.3) is 11.3 Å². The van der Waals surface area contributed by atoms with Crippen LogP contribution in [0.15, 0.2) is 35.1 Å². The number of aromatic amines is 1. The molecule has 0 unspecified atom stereocenters. The largest absolute Gasteiger partial charge is 0.277 e. The number of imide groups is 1. The number of hydrogen-bond acceptors (Lipinski definition) is 5. The molecule has 2 amide bonds. The van der Waals surface area contributed by atoms with Gasteiger partial charge in [-0.15, -0.1) is 0 Å². The first-order valence-electron chi connectivity index (χ1n) is 7.92. The molecule has 1 saturated heterocycles. The zero-order valence-corrected chi connectivity index (χ0v) is 13.5. The summed E-state index contributed by atoms with van der Waals surface area (Å²) in [4.78, 5) is 46.0. The van der Waals surface area contributed by atoms with Gasteiger partial charge in [-0.1, -0.05) is 30.3 Å². The van der Waals surface area contributed by atoms with E-state index in [2.05, 4.69) is 15.1 Å². The lowest BCUT2D eigenvalue weighted by atomic mass is 10.1. The molecule has 8 nitrogen and oxygen atoms in total. The molecule has 3 aromatic rings. The van der Waals surface area contributed by atoms with Gasteiger partial charge in [0.15, 0.2) is 0 Å². The van der Waals surface area contributed by atoms with Gasteiger partial charge in [0.2, 0.25) is 17.8 Å². The van der Waals surface area contributed by atoms with E-state index < -0.39 is 0 Å². The number of fused-ring (bicyclic) bond motifs is 1. The highest BCUT2D eigenvalue weighted by Crippen LogP contribution is 2.19. The first-order valence-corrected chi connectivity index (χ1v) is 7.92. The monoisotopic (exact) mass is 337 g/mol. The average molecular weight is 337 g/mol. The summed E-state index contributed by atoms with van der Waals surface area (Å²) in [5.41, 5.74) is 1.82. The molecule has 0 spiro atoms. The van der Waals surface area contributed by atoms with Crippen LogP contribution in [-0.2, 0) is 16.0 Å². The molecule has 4 rings (SSSR count). The molecule has 8 heteroatoms. The van der Waals surface area contributed by atoms with E-state index in [1.807, 2.05) is 30.3 Å². The molecule has 1 aromatic carbocycles. The van der Waals surface area contributed by atoms with Gasteiger partial charge in [-0.25, -0.2) is 9.88 Å². The number of rotatable bonds is 3. The summed E-state index contributed by atoms with van der Waals surface area (Å²) >= 11 is 0. The molecule has 0 saturated carbocycles. The Labute approximate surface area is 142 Å². The number of carbonyl (C=O) groups is 2. The molecule has 2 aromatic heterocycles. The fourth-order valence-electron chi connectivity index (χ4n) is 2.96. The molecular formula is C17H15N5O3. The molecule has 1 aliphatic heterocycles. The molecule has 126 valence electrons. The van der Waals surface area contributed by atoms with Crippen LogP contribution in [0.25, 0.3) is 5.78 Å². The van der Waals surface area contributed by atoms with Crippen LogP contribution >= 0.6 is 0 Å². The van der Waals surface area contributed by atoms with Crippen molar-refractivity contribution in [2.45, 2.75) is 26.2 Å². The summed E-state index contributed by atoms with van der Waals surface area (Å²) in [5.74, 6) is -0.494. The highest BCUT2D eigenvalue weighted by Gasteiger charge is 2.33. The van der Waals surface area contributed by atoms with Crippen molar-refractivity contribution >= 4 is 23.5 Å². The van der Waals surface area contributed by atoms with E-state index in [-0.39, 0.29) is 41.9 Å². The van der Waals surface area contributed by atoms with Crippen LogP contribution in [0.1, 0.15) is 29.7 Å². The summed E-state index contributed by atoms with van der Waals surface area (Å²) in [5, 5.41) is 2.73. The summed E-state index contributed by atoms with van der Waals surface area (Å²) in [6.45, 7) is 1.75. The zero-order valence-electron chi connectivity index (χ0n) is 13.5. The van der Waals surface area contributed by atoms with Crippen LogP contribution < -0.4 is 10.5 Å². The molecule has 1 aliphatic rings. The molecule has 1 N–H and O–H groups in total. The standard InChI is InChI=1S/C17H15N5O3/c1-10-12(9-11-5-3-2-4-6-11)15(25)22-16(18-10)19-17(20-22)21-13(23)7-8-14(21)24/h2-6H,7-9H2,1H3,(H,18,19,20). The molecule has 3 heterocycles. The van der Waals surface area contributed by atoms with Gasteiger partial charge in [0.1, 0.15) is 0 Å². The minimum atomic E-state index is -0.335. The number of aromatic nitrogens is 4. The van der Waals surface area contributed by atoms with Crippen molar-refractivity contribution in [2.75, 3.05) is 4.90 Å². The van der Waals surface area contributed by atoms with E-state index in [4.69, 9.17) is 0 Å². The Balaban J connectivity index is 1.81. The third-order valence-electron chi connectivity index (χ3n) is 4.27. The molecule has 0 aliphatic carbocycles. The predicted octanol–water partition coefficient (Wildman–Crippen LogP) is 0.970. The maximum Gasteiger partial charge on any atom is 0.277 e.